The minimum absolute atomic E-state index is 0.163. The van der Waals surface area contributed by atoms with Crippen LogP contribution in [-0.4, -0.2) is 40.6 Å². The average Bonchev–Trinajstić information content (AvgIpc) is 2.73. The molecule has 1 aromatic rings. The van der Waals surface area contributed by atoms with Crippen molar-refractivity contribution in [3.8, 4) is 0 Å². The quantitative estimate of drug-likeness (QED) is 0.773. The van der Waals surface area contributed by atoms with Crippen molar-refractivity contribution in [2.75, 3.05) is 23.4 Å². The van der Waals surface area contributed by atoms with Gasteiger partial charge in [-0.2, -0.15) is 11.8 Å². The van der Waals surface area contributed by atoms with Crippen LogP contribution in [0.15, 0.2) is 0 Å². The predicted octanol–water partition coefficient (Wildman–Crippen LogP) is 3.28. The Morgan fingerprint density at radius 1 is 1.36 bits per heavy atom. The molecule has 1 rings (SSSR count). The summed E-state index contributed by atoms with van der Waals surface area (Å²) in [6.45, 7) is 9.79. The van der Waals surface area contributed by atoms with Crippen LogP contribution in [0.1, 0.15) is 43.1 Å². The molecule has 0 bridgehead atoms. The third kappa shape index (κ3) is 6.65. The lowest BCUT2D eigenvalue weighted by atomic mass is 10.2. The van der Waals surface area contributed by atoms with Crippen molar-refractivity contribution in [3.05, 3.63) is 10.6 Å². The summed E-state index contributed by atoms with van der Waals surface area (Å²) in [7, 11) is 0. The molecule has 1 heterocycles. The highest BCUT2D eigenvalue weighted by Gasteiger charge is 2.20. The van der Waals surface area contributed by atoms with E-state index >= 15 is 0 Å². The highest BCUT2D eigenvalue weighted by atomic mass is 32.2. The maximum atomic E-state index is 12.1. The van der Waals surface area contributed by atoms with Crippen molar-refractivity contribution in [3.63, 3.8) is 0 Å². The number of thioether (sulfide) groups is 1. The molecule has 0 spiro atoms. The van der Waals surface area contributed by atoms with Crippen molar-refractivity contribution in [1.82, 2.24) is 10.3 Å². The van der Waals surface area contributed by atoms with Crippen LogP contribution >= 0.6 is 23.1 Å². The second kappa shape index (κ2) is 8.38. The molecule has 124 valence electrons. The number of hydrogen-bond donors (Lipinski definition) is 2. The largest absolute Gasteiger partial charge is 0.444 e. The number of aromatic nitrogens is 1. The molecule has 0 aliphatic heterocycles. The number of hydrogen-bond acceptors (Lipinski definition) is 6. The number of ether oxygens (including phenoxy) is 1. The Morgan fingerprint density at radius 3 is 2.64 bits per heavy atom. The zero-order valence-electron chi connectivity index (χ0n) is 13.6. The van der Waals surface area contributed by atoms with E-state index in [-0.39, 0.29) is 5.91 Å². The van der Waals surface area contributed by atoms with Gasteiger partial charge in [0.1, 0.15) is 10.5 Å². The fraction of sp³-hybridized carbons (Fsp3) is 0.643. The zero-order valence-corrected chi connectivity index (χ0v) is 15.2. The maximum Gasteiger partial charge on any atom is 0.413 e. The van der Waals surface area contributed by atoms with Gasteiger partial charge in [0, 0.05) is 12.3 Å². The normalized spacial score (nSPS) is 11.1. The Labute approximate surface area is 139 Å². The number of thiazole rings is 1. The lowest BCUT2D eigenvalue weighted by Gasteiger charge is -2.18. The molecule has 0 aromatic carbocycles. The van der Waals surface area contributed by atoms with E-state index in [1.807, 2.05) is 0 Å². The molecule has 22 heavy (non-hydrogen) atoms. The van der Waals surface area contributed by atoms with Crippen LogP contribution < -0.4 is 10.6 Å². The second-order valence-corrected chi connectivity index (χ2v) is 7.91. The molecular weight excluding hydrogens is 322 g/mol. The number of amides is 2. The number of anilines is 1. The van der Waals surface area contributed by atoms with Crippen molar-refractivity contribution < 1.29 is 14.3 Å². The molecule has 2 N–H and O–H groups in total. The van der Waals surface area contributed by atoms with Gasteiger partial charge in [-0.1, -0.05) is 18.3 Å². The standard InChI is InChI=1S/C14H23N3O3S2/c1-6-21-8-7-15-11(18)10-9(2)16-12(22-10)17-13(19)20-14(3,4)5/h6-8H2,1-5H3,(H,15,18)(H,16,17,19). The van der Waals surface area contributed by atoms with Gasteiger partial charge < -0.3 is 10.1 Å². The Balaban J connectivity index is 2.59. The molecule has 1 aromatic heterocycles. The van der Waals surface area contributed by atoms with E-state index in [1.54, 1.807) is 39.5 Å². The van der Waals surface area contributed by atoms with Gasteiger partial charge in [-0.15, -0.1) is 0 Å². The van der Waals surface area contributed by atoms with E-state index in [2.05, 4.69) is 22.5 Å². The van der Waals surface area contributed by atoms with Gasteiger partial charge in [0.15, 0.2) is 5.13 Å². The topological polar surface area (TPSA) is 80.3 Å². The molecule has 0 aliphatic rings. The summed E-state index contributed by atoms with van der Waals surface area (Å²) in [4.78, 5) is 28.4. The number of nitrogens with zero attached hydrogens (tertiary/aromatic N) is 1. The number of rotatable bonds is 6. The van der Waals surface area contributed by atoms with Gasteiger partial charge in [-0.3, -0.25) is 10.1 Å². The van der Waals surface area contributed by atoms with Crippen LogP contribution in [0, 0.1) is 6.92 Å². The summed E-state index contributed by atoms with van der Waals surface area (Å²) < 4.78 is 5.16. The number of carbonyl (C=O) groups is 2. The molecule has 0 fully saturated rings. The van der Waals surface area contributed by atoms with Crippen LogP contribution in [0.3, 0.4) is 0 Å². The molecule has 8 heteroatoms. The molecule has 6 nitrogen and oxygen atoms in total. The first-order valence-electron chi connectivity index (χ1n) is 7.06. The first-order valence-corrected chi connectivity index (χ1v) is 9.03. The Bertz CT molecular complexity index is 524. The lowest BCUT2D eigenvalue weighted by molar-refractivity contribution is 0.0635. The van der Waals surface area contributed by atoms with Gasteiger partial charge >= 0.3 is 6.09 Å². The van der Waals surface area contributed by atoms with Crippen LogP contribution in [0.25, 0.3) is 0 Å². The lowest BCUT2D eigenvalue weighted by Crippen LogP contribution is -2.27. The van der Waals surface area contributed by atoms with Crippen molar-refractivity contribution in [2.24, 2.45) is 0 Å². The molecular formula is C14H23N3O3S2. The SMILES string of the molecule is CCSCCNC(=O)c1sc(NC(=O)OC(C)(C)C)nc1C. The van der Waals surface area contributed by atoms with Crippen molar-refractivity contribution >= 4 is 40.2 Å². The van der Waals surface area contributed by atoms with Gasteiger partial charge in [0.2, 0.25) is 0 Å². The average molecular weight is 345 g/mol. The van der Waals surface area contributed by atoms with E-state index in [9.17, 15) is 9.59 Å². The van der Waals surface area contributed by atoms with Gasteiger partial charge in [0.25, 0.3) is 5.91 Å². The van der Waals surface area contributed by atoms with Crippen LogP contribution in [0.4, 0.5) is 9.93 Å². The third-order valence-electron chi connectivity index (χ3n) is 2.35. The van der Waals surface area contributed by atoms with Crippen molar-refractivity contribution in [1.29, 1.82) is 0 Å². The van der Waals surface area contributed by atoms with Gasteiger partial charge in [-0.25, -0.2) is 9.78 Å². The fourth-order valence-corrected chi connectivity index (χ4v) is 2.92. The summed E-state index contributed by atoms with van der Waals surface area (Å²) in [5.41, 5.74) is 0.0183. The Kier molecular flexibility index (Phi) is 7.15. The van der Waals surface area contributed by atoms with Crippen LogP contribution in [-0.2, 0) is 4.74 Å². The molecule has 0 aliphatic carbocycles. The van der Waals surface area contributed by atoms with Crippen LogP contribution in [0.5, 0.6) is 0 Å². The van der Waals surface area contributed by atoms with Crippen LogP contribution in [0.2, 0.25) is 0 Å². The van der Waals surface area contributed by atoms with Gasteiger partial charge in [-0.05, 0) is 33.4 Å². The first-order chi connectivity index (χ1) is 10.2. The summed E-state index contributed by atoms with van der Waals surface area (Å²) in [6.07, 6.45) is -0.576. The molecule has 0 saturated heterocycles. The molecule has 0 saturated carbocycles. The molecule has 2 amide bonds. The zero-order chi connectivity index (χ0) is 16.8. The molecule has 0 unspecified atom stereocenters. The number of nitrogens with one attached hydrogen (secondary N) is 2. The number of aryl methyl sites for hydroxylation is 1. The number of carbonyl (C=O) groups excluding carboxylic acids is 2. The fourth-order valence-electron chi connectivity index (χ4n) is 1.51. The van der Waals surface area contributed by atoms with E-state index in [0.29, 0.717) is 22.2 Å². The highest BCUT2D eigenvalue weighted by molar-refractivity contribution is 7.99. The summed E-state index contributed by atoms with van der Waals surface area (Å²) >= 11 is 2.91. The Hall–Kier alpha value is -1.28. The Morgan fingerprint density at radius 2 is 2.05 bits per heavy atom. The second-order valence-electron chi connectivity index (χ2n) is 5.51. The van der Waals surface area contributed by atoms with E-state index < -0.39 is 11.7 Å². The predicted molar refractivity (Wildman–Crippen MR) is 92.0 cm³/mol. The first kappa shape index (κ1) is 18.8. The smallest absolute Gasteiger partial charge is 0.413 e. The molecule has 0 atom stereocenters. The minimum atomic E-state index is -0.576. The molecule has 0 radical (unpaired) electrons. The third-order valence-corrected chi connectivity index (χ3v) is 4.32. The van der Waals surface area contributed by atoms with E-state index in [0.717, 1.165) is 22.8 Å². The monoisotopic (exact) mass is 345 g/mol. The minimum Gasteiger partial charge on any atom is -0.444 e. The summed E-state index contributed by atoms with van der Waals surface area (Å²) in [5, 5.41) is 5.76. The van der Waals surface area contributed by atoms with E-state index in [1.165, 1.54) is 0 Å². The summed E-state index contributed by atoms with van der Waals surface area (Å²) in [6, 6.07) is 0. The maximum absolute atomic E-state index is 12.1. The summed E-state index contributed by atoms with van der Waals surface area (Å²) in [5.74, 6) is 1.74. The highest BCUT2D eigenvalue weighted by Crippen LogP contribution is 2.23. The van der Waals surface area contributed by atoms with Gasteiger partial charge in [0.05, 0.1) is 5.69 Å². The van der Waals surface area contributed by atoms with Crippen molar-refractivity contribution in [2.45, 2.75) is 40.2 Å². The van der Waals surface area contributed by atoms with E-state index in [4.69, 9.17) is 4.74 Å².